The van der Waals surface area contributed by atoms with E-state index in [4.69, 9.17) is 10.5 Å². The highest BCUT2D eigenvalue weighted by Gasteiger charge is 2.43. The number of hydrogen-bond acceptors (Lipinski definition) is 6. The predicted octanol–water partition coefficient (Wildman–Crippen LogP) is 0.878. The Hall–Kier alpha value is -1.40. The highest BCUT2D eigenvalue weighted by molar-refractivity contribution is 5.47. The minimum absolute atomic E-state index is 0.337. The summed E-state index contributed by atoms with van der Waals surface area (Å²) in [6.07, 6.45) is 3.12. The van der Waals surface area contributed by atoms with Gasteiger partial charge in [-0.25, -0.2) is 9.97 Å². The lowest BCUT2D eigenvalue weighted by Gasteiger charge is -2.47. The highest BCUT2D eigenvalue weighted by atomic mass is 16.5. The van der Waals surface area contributed by atoms with Gasteiger partial charge in [-0.05, 0) is 32.6 Å². The smallest absolute Gasteiger partial charge is 0.134 e. The molecule has 2 saturated heterocycles. The Labute approximate surface area is 119 Å². The number of hydrogen-bond donors (Lipinski definition) is 2. The predicted molar refractivity (Wildman–Crippen MR) is 76.6 cm³/mol. The van der Waals surface area contributed by atoms with Gasteiger partial charge in [0.05, 0.1) is 11.7 Å². The Balaban J connectivity index is 1.71. The lowest BCUT2D eigenvalue weighted by molar-refractivity contribution is -0.164. The third-order valence-corrected chi connectivity index (χ3v) is 4.40. The summed E-state index contributed by atoms with van der Waals surface area (Å²) in [5, 5.41) is 10.2. The molecule has 1 aromatic heterocycles. The third-order valence-electron chi connectivity index (χ3n) is 4.40. The van der Waals surface area contributed by atoms with Crippen molar-refractivity contribution in [3.63, 3.8) is 0 Å². The zero-order valence-electron chi connectivity index (χ0n) is 11.9. The molecule has 110 valence electrons. The molecule has 1 spiro atoms. The van der Waals surface area contributed by atoms with Crippen LogP contribution in [0.3, 0.4) is 0 Å². The minimum atomic E-state index is -0.345. The van der Waals surface area contributed by atoms with Crippen molar-refractivity contribution in [2.24, 2.45) is 0 Å². The zero-order chi connectivity index (χ0) is 14.2. The van der Waals surface area contributed by atoms with Gasteiger partial charge in [-0.1, -0.05) is 0 Å². The van der Waals surface area contributed by atoms with E-state index in [0.29, 0.717) is 11.6 Å². The monoisotopic (exact) mass is 278 g/mol. The molecule has 0 saturated carbocycles. The Morgan fingerprint density at radius 1 is 1.40 bits per heavy atom. The molecule has 3 N–H and O–H groups in total. The van der Waals surface area contributed by atoms with Gasteiger partial charge in [0.15, 0.2) is 0 Å². The summed E-state index contributed by atoms with van der Waals surface area (Å²) in [6, 6.07) is 1.81. The molecule has 0 bridgehead atoms. The van der Waals surface area contributed by atoms with Gasteiger partial charge >= 0.3 is 0 Å². The van der Waals surface area contributed by atoms with E-state index in [9.17, 15) is 5.11 Å². The molecule has 0 amide bonds. The average Bonchev–Trinajstić information content (AvgIpc) is 2.42. The first kappa shape index (κ1) is 13.6. The van der Waals surface area contributed by atoms with Crippen molar-refractivity contribution in [3.05, 3.63) is 11.9 Å². The van der Waals surface area contributed by atoms with E-state index in [1.807, 2.05) is 13.0 Å². The summed E-state index contributed by atoms with van der Waals surface area (Å²) >= 11 is 0. The van der Waals surface area contributed by atoms with E-state index in [-0.39, 0.29) is 11.7 Å². The Bertz CT molecular complexity index is 466. The number of aryl methyl sites for hydroxylation is 1. The number of ether oxygens (including phenoxy) is 1. The number of rotatable bonds is 1. The Morgan fingerprint density at radius 2 is 2.15 bits per heavy atom. The topological polar surface area (TPSA) is 84.5 Å². The second-order valence-corrected chi connectivity index (χ2v) is 5.76. The van der Waals surface area contributed by atoms with Crippen LogP contribution in [-0.4, -0.2) is 46.5 Å². The van der Waals surface area contributed by atoms with Crippen LogP contribution in [-0.2, 0) is 4.74 Å². The summed E-state index contributed by atoms with van der Waals surface area (Å²) < 4.78 is 5.92. The second kappa shape index (κ2) is 5.18. The van der Waals surface area contributed by atoms with Crippen molar-refractivity contribution in [3.8, 4) is 0 Å². The Morgan fingerprint density at radius 3 is 2.80 bits per heavy atom. The van der Waals surface area contributed by atoms with Crippen molar-refractivity contribution in [2.45, 2.75) is 44.3 Å². The number of nitrogen functional groups attached to an aromatic ring is 1. The molecule has 0 radical (unpaired) electrons. The van der Waals surface area contributed by atoms with Gasteiger partial charge < -0.3 is 20.5 Å². The highest BCUT2D eigenvalue weighted by Crippen LogP contribution is 2.36. The molecule has 2 fully saturated rings. The molecule has 2 aliphatic rings. The number of anilines is 2. The number of nitrogens with two attached hydrogens (primary N) is 1. The quantitative estimate of drug-likeness (QED) is 0.793. The number of aliphatic hydroxyl groups is 1. The standard InChI is InChI=1S/C14H22N4O2/c1-10-16-12(15)9-13(17-10)18-6-4-14(5-7-18)11(19)3-2-8-20-14/h9,11,19H,2-8H2,1H3,(H2,15,16,17). The van der Waals surface area contributed by atoms with Gasteiger partial charge in [-0.15, -0.1) is 0 Å². The fourth-order valence-corrected chi connectivity index (χ4v) is 3.24. The van der Waals surface area contributed by atoms with Crippen molar-refractivity contribution < 1.29 is 9.84 Å². The first-order valence-electron chi connectivity index (χ1n) is 7.27. The molecule has 20 heavy (non-hydrogen) atoms. The van der Waals surface area contributed by atoms with Gasteiger partial charge in [-0.3, -0.25) is 0 Å². The van der Waals surface area contributed by atoms with Crippen LogP contribution in [0.5, 0.6) is 0 Å². The largest absolute Gasteiger partial charge is 0.390 e. The molecular formula is C14H22N4O2. The molecule has 0 aliphatic carbocycles. The van der Waals surface area contributed by atoms with Gasteiger partial charge in [0, 0.05) is 25.8 Å². The van der Waals surface area contributed by atoms with Crippen molar-refractivity contribution >= 4 is 11.6 Å². The van der Waals surface area contributed by atoms with Crippen molar-refractivity contribution in [1.29, 1.82) is 0 Å². The SMILES string of the molecule is Cc1nc(N)cc(N2CCC3(CC2)OCCCC3O)n1. The first-order chi connectivity index (χ1) is 9.59. The normalized spacial score (nSPS) is 25.9. The maximum absolute atomic E-state index is 10.2. The molecule has 2 aliphatic heterocycles. The number of piperidine rings is 1. The van der Waals surface area contributed by atoms with Crippen LogP contribution < -0.4 is 10.6 Å². The van der Waals surface area contributed by atoms with Gasteiger partial charge in [0.2, 0.25) is 0 Å². The van der Waals surface area contributed by atoms with E-state index in [1.54, 1.807) is 0 Å². The van der Waals surface area contributed by atoms with Crippen LogP contribution in [0.4, 0.5) is 11.6 Å². The number of aliphatic hydroxyl groups excluding tert-OH is 1. The molecule has 1 unspecified atom stereocenters. The van der Waals surface area contributed by atoms with E-state index in [1.165, 1.54) is 0 Å². The van der Waals surface area contributed by atoms with E-state index in [2.05, 4.69) is 14.9 Å². The summed E-state index contributed by atoms with van der Waals surface area (Å²) in [5.74, 6) is 2.06. The zero-order valence-corrected chi connectivity index (χ0v) is 11.9. The summed E-state index contributed by atoms with van der Waals surface area (Å²) in [6.45, 7) is 4.26. The van der Waals surface area contributed by atoms with Crippen LogP contribution >= 0.6 is 0 Å². The molecule has 3 rings (SSSR count). The van der Waals surface area contributed by atoms with Crippen LogP contribution in [0, 0.1) is 6.92 Å². The average molecular weight is 278 g/mol. The van der Waals surface area contributed by atoms with Crippen LogP contribution in [0.1, 0.15) is 31.5 Å². The van der Waals surface area contributed by atoms with Crippen LogP contribution in [0.2, 0.25) is 0 Å². The third kappa shape index (κ3) is 2.45. The minimum Gasteiger partial charge on any atom is -0.390 e. The van der Waals surface area contributed by atoms with E-state index < -0.39 is 0 Å². The lowest BCUT2D eigenvalue weighted by Crippen LogP contribution is -2.55. The molecule has 6 heteroatoms. The first-order valence-corrected chi connectivity index (χ1v) is 7.27. The van der Waals surface area contributed by atoms with Crippen molar-refractivity contribution in [2.75, 3.05) is 30.3 Å². The van der Waals surface area contributed by atoms with E-state index >= 15 is 0 Å². The molecule has 1 aromatic rings. The maximum atomic E-state index is 10.2. The second-order valence-electron chi connectivity index (χ2n) is 5.76. The van der Waals surface area contributed by atoms with E-state index in [0.717, 1.165) is 51.2 Å². The van der Waals surface area contributed by atoms with Crippen LogP contribution in [0.15, 0.2) is 6.07 Å². The van der Waals surface area contributed by atoms with Gasteiger partial charge in [0.1, 0.15) is 17.5 Å². The van der Waals surface area contributed by atoms with Crippen LogP contribution in [0.25, 0.3) is 0 Å². The summed E-state index contributed by atoms with van der Waals surface area (Å²) in [7, 11) is 0. The van der Waals surface area contributed by atoms with Gasteiger partial charge in [0.25, 0.3) is 0 Å². The molecule has 6 nitrogen and oxygen atoms in total. The molecule has 3 heterocycles. The molecular weight excluding hydrogens is 256 g/mol. The Kier molecular flexibility index (Phi) is 3.52. The maximum Gasteiger partial charge on any atom is 0.134 e. The summed E-state index contributed by atoms with van der Waals surface area (Å²) in [5.41, 5.74) is 5.44. The number of aromatic nitrogens is 2. The fraction of sp³-hybridized carbons (Fsp3) is 0.714. The van der Waals surface area contributed by atoms with Gasteiger partial charge in [-0.2, -0.15) is 0 Å². The lowest BCUT2D eigenvalue weighted by atomic mass is 9.82. The summed E-state index contributed by atoms with van der Waals surface area (Å²) in [4.78, 5) is 10.7. The van der Waals surface area contributed by atoms with Crippen molar-refractivity contribution in [1.82, 2.24) is 9.97 Å². The number of nitrogens with zero attached hydrogens (tertiary/aromatic N) is 3. The fourth-order valence-electron chi connectivity index (χ4n) is 3.24. The molecule has 0 aromatic carbocycles. The molecule has 1 atom stereocenters.